The van der Waals surface area contributed by atoms with E-state index in [2.05, 4.69) is 5.32 Å². The lowest BCUT2D eigenvalue weighted by atomic mass is 10.1. The molecule has 2 rings (SSSR count). The predicted molar refractivity (Wildman–Crippen MR) is 103 cm³/mol. The van der Waals surface area contributed by atoms with E-state index in [1.807, 2.05) is 0 Å². The molecule has 0 fully saturated rings. The van der Waals surface area contributed by atoms with E-state index >= 15 is 0 Å². The third-order valence-corrected chi connectivity index (χ3v) is 4.23. The highest BCUT2D eigenvalue weighted by molar-refractivity contribution is 6.33. The smallest absolute Gasteiger partial charge is 0.416 e. The van der Waals surface area contributed by atoms with E-state index in [1.165, 1.54) is 19.2 Å². The summed E-state index contributed by atoms with van der Waals surface area (Å²) in [5, 5.41) is 2.14. The lowest BCUT2D eigenvalue weighted by molar-refractivity contribution is -0.143. The van der Waals surface area contributed by atoms with E-state index < -0.39 is 36.0 Å². The van der Waals surface area contributed by atoms with Crippen molar-refractivity contribution in [3.05, 3.63) is 58.6 Å². The summed E-state index contributed by atoms with van der Waals surface area (Å²) in [7, 11) is 1.48. The summed E-state index contributed by atoms with van der Waals surface area (Å²) in [5.41, 5.74) is -0.876. The fourth-order valence-electron chi connectivity index (χ4n) is 2.30. The van der Waals surface area contributed by atoms with Gasteiger partial charge in [0.05, 0.1) is 29.8 Å². The molecule has 2 aromatic rings. The molecule has 1 amide bonds. The predicted octanol–water partition coefficient (Wildman–Crippen LogP) is 4.51. The molecule has 2 aromatic carbocycles. The Morgan fingerprint density at radius 3 is 2.30 bits per heavy atom. The highest BCUT2D eigenvalue weighted by Crippen LogP contribution is 2.33. The molecule has 6 nitrogen and oxygen atoms in total. The topological polar surface area (TPSA) is 81.7 Å². The van der Waals surface area contributed by atoms with Crippen molar-refractivity contribution in [3.8, 4) is 5.75 Å². The zero-order valence-corrected chi connectivity index (χ0v) is 16.5. The van der Waals surface area contributed by atoms with Crippen molar-refractivity contribution >= 4 is 34.9 Å². The van der Waals surface area contributed by atoms with Crippen LogP contribution in [-0.4, -0.2) is 31.4 Å². The number of hydrogen-bond acceptors (Lipinski definition) is 5. The minimum atomic E-state index is -4.59. The second-order valence-electron chi connectivity index (χ2n) is 6.05. The number of ether oxygens (including phenoxy) is 2. The number of esters is 1. The lowest BCUT2D eigenvalue weighted by Crippen LogP contribution is -2.18. The molecule has 0 aliphatic rings. The van der Waals surface area contributed by atoms with Gasteiger partial charge < -0.3 is 14.8 Å². The van der Waals surface area contributed by atoms with E-state index in [4.69, 9.17) is 21.1 Å². The second kappa shape index (κ2) is 10.1. The van der Waals surface area contributed by atoms with Crippen LogP contribution in [-0.2, 0) is 20.5 Å². The van der Waals surface area contributed by atoms with Crippen molar-refractivity contribution in [2.75, 3.05) is 19.0 Å². The normalized spacial score (nSPS) is 11.0. The maximum atomic E-state index is 12.8. The molecule has 0 aromatic heterocycles. The first-order valence-corrected chi connectivity index (χ1v) is 8.97. The third-order valence-electron chi connectivity index (χ3n) is 3.90. The Morgan fingerprint density at radius 2 is 1.70 bits per heavy atom. The molecule has 0 saturated carbocycles. The summed E-state index contributed by atoms with van der Waals surface area (Å²) >= 11 is 5.80. The van der Waals surface area contributed by atoms with Crippen LogP contribution in [0.4, 0.5) is 18.9 Å². The van der Waals surface area contributed by atoms with E-state index in [-0.39, 0.29) is 23.6 Å². The van der Waals surface area contributed by atoms with Crippen molar-refractivity contribution in [2.24, 2.45) is 0 Å². The van der Waals surface area contributed by atoms with Gasteiger partial charge in [-0.1, -0.05) is 11.6 Å². The highest BCUT2D eigenvalue weighted by Gasteiger charge is 2.31. The summed E-state index contributed by atoms with van der Waals surface area (Å²) < 4.78 is 48.1. The van der Waals surface area contributed by atoms with Gasteiger partial charge in [-0.25, -0.2) is 0 Å². The van der Waals surface area contributed by atoms with Gasteiger partial charge in [-0.15, -0.1) is 0 Å². The Bertz CT molecular complexity index is 929. The fourth-order valence-corrected chi connectivity index (χ4v) is 2.47. The zero-order chi connectivity index (χ0) is 22.3. The van der Waals surface area contributed by atoms with Crippen molar-refractivity contribution in [1.82, 2.24) is 0 Å². The number of benzene rings is 2. The first kappa shape index (κ1) is 23.2. The Balaban J connectivity index is 1.82. The number of ketones is 1. The van der Waals surface area contributed by atoms with Crippen LogP contribution in [0.5, 0.6) is 5.75 Å². The highest BCUT2D eigenvalue weighted by atomic mass is 35.5. The van der Waals surface area contributed by atoms with E-state index in [0.29, 0.717) is 17.4 Å². The molecular weight excluding hydrogens is 427 g/mol. The minimum absolute atomic E-state index is 0.0796. The van der Waals surface area contributed by atoms with Crippen LogP contribution in [0.15, 0.2) is 42.5 Å². The number of rotatable bonds is 8. The van der Waals surface area contributed by atoms with Crippen molar-refractivity contribution in [1.29, 1.82) is 0 Å². The van der Waals surface area contributed by atoms with Crippen LogP contribution in [0.3, 0.4) is 0 Å². The molecule has 0 atom stereocenters. The average molecular weight is 444 g/mol. The minimum Gasteiger partial charge on any atom is -0.497 e. The molecule has 160 valence electrons. The lowest BCUT2D eigenvalue weighted by Gasteiger charge is -2.11. The summed E-state index contributed by atoms with van der Waals surface area (Å²) in [6.45, 7) is -0.508. The number of nitrogens with one attached hydrogen (secondary N) is 1. The molecule has 0 saturated heterocycles. The van der Waals surface area contributed by atoms with Gasteiger partial charge in [-0.2, -0.15) is 13.2 Å². The Morgan fingerprint density at radius 1 is 1.03 bits per heavy atom. The average Bonchev–Trinajstić information content (AvgIpc) is 2.71. The van der Waals surface area contributed by atoms with Crippen molar-refractivity contribution in [3.63, 3.8) is 0 Å². The summed E-state index contributed by atoms with van der Waals surface area (Å²) in [5.74, 6) is -1.40. The quantitative estimate of drug-likeness (QED) is 0.479. The summed E-state index contributed by atoms with van der Waals surface area (Å²) in [6, 6.07) is 8.69. The number of amides is 1. The molecule has 0 heterocycles. The Hall–Kier alpha value is -3.07. The summed E-state index contributed by atoms with van der Waals surface area (Å²) in [4.78, 5) is 35.6. The molecule has 30 heavy (non-hydrogen) atoms. The van der Waals surface area contributed by atoms with Gasteiger partial charge >= 0.3 is 12.1 Å². The van der Waals surface area contributed by atoms with Crippen LogP contribution in [0, 0.1) is 0 Å². The molecule has 0 aliphatic carbocycles. The fraction of sp³-hybridized carbons (Fsp3) is 0.250. The van der Waals surface area contributed by atoms with Gasteiger partial charge in [-0.05, 0) is 42.5 Å². The molecule has 1 N–H and O–H groups in total. The monoisotopic (exact) mass is 443 g/mol. The second-order valence-corrected chi connectivity index (χ2v) is 6.46. The van der Waals surface area contributed by atoms with Gasteiger partial charge in [0.1, 0.15) is 5.75 Å². The van der Waals surface area contributed by atoms with Gasteiger partial charge in [0, 0.05) is 12.0 Å². The largest absolute Gasteiger partial charge is 0.497 e. The molecule has 0 spiro atoms. The van der Waals surface area contributed by atoms with Crippen molar-refractivity contribution in [2.45, 2.75) is 19.0 Å². The van der Waals surface area contributed by atoms with Gasteiger partial charge in [0.15, 0.2) is 12.4 Å². The van der Waals surface area contributed by atoms with Crippen LogP contribution in [0.2, 0.25) is 5.02 Å². The number of carbonyl (C=O) groups is 3. The van der Waals surface area contributed by atoms with Gasteiger partial charge in [0.25, 0.3) is 0 Å². The van der Waals surface area contributed by atoms with Crippen LogP contribution in [0.25, 0.3) is 0 Å². The summed E-state index contributed by atoms with van der Waals surface area (Å²) in [6.07, 6.45) is -5.31. The van der Waals surface area contributed by atoms with Crippen LogP contribution >= 0.6 is 11.6 Å². The van der Waals surface area contributed by atoms with E-state index in [1.54, 1.807) is 12.1 Å². The third kappa shape index (κ3) is 6.77. The van der Waals surface area contributed by atoms with Gasteiger partial charge in [-0.3, -0.25) is 14.4 Å². The number of methoxy groups -OCH3 is 1. The molecular formula is C20H17ClF3NO5. The van der Waals surface area contributed by atoms with Crippen molar-refractivity contribution < 1.29 is 37.0 Å². The maximum Gasteiger partial charge on any atom is 0.416 e. The van der Waals surface area contributed by atoms with Crippen LogP contribution in [0.1, 0.15) is 28.8 Å². The number of halogens is 4. The maximum absolute atomic E-state index is 12.8. The molecule has 0 unspecified atom stereocenters. The molecule has 10 heteroatoms. The van der Waals surface area contributed by atoms with E-state index in [0.717, 1.165) is 12.1 Å². The standard InChI is InChI=1S/C20H17ClF3NO5/c1-29-14-5-2-12(3-6-14)17(26)11-30-19(28)9-8-18(27)25-16-10-13(20(22,23)24)4-7-15(16)21/h2-7,10H,8-9,11H2,1H3,(H,25,27). The number of alkyl halides is 3. The van der Waals surface area contributed by atoms with Gasteiger partial charge in [0.2, 0.25) is 5.91 Å². The molecule has 0 bridgehead atoms. The number of hydrogen-bond donors (Lipinski definition) is 1. The first-order valence-electron chi connectivity index (χ1n) is 8.59. The Labute approximate surface area is 174 Å². The van der Waals surface area contributed by atoms with E-state index in [9.17, 15) is 27.6 Å². The molecule has 0 radical (unpaired) electrons. The molecule has 0 aliphatic heterocycles. The number of anilines is 1. The number of carbonyl (C=O) groups excluding carboxylic acids is 3. The zero-order valence-electron chi connectivity index (χ0n) is 15.7. The first-order chi connectivity index (χ1) is 14.1. The SMILES string of the molecule is COc1ccc(C(=O)COC(=O)CCC(=O)Nc2cc(C(F)(F)F)ccc2Cl)cc1. The van der Waals surface area contributed by atoms with Crippen LogP contribution < -0.4 is 10.1 Å². The Kier molecular flexibility index (Phi) is 7.82. The number of Topliss-reactive ketones (excluding diaryl/α,β-unsaturated/α-hetero) is 1.